The Morgan fingerprint density at radius 2 is 1.93 bits per heavy atom. The van der Waals surface area contributed by atoms with Gasteiger partial charge in [0.1, 0.15) is 0 Å². The van der Waals surface area contributed by atoms with Gasteiger partial charge in [-0.05, 0) is 12.8 Å². The number of hydrogen-bond acceptors (Lipinski definition) is 4. The van der Waals surface area contributed by atoms with Gasteiger partial charge in [0, 0.05) is 13.2 Å². The number of carbonyl (C=O) groups is 1. The van der Waals surface area contributed by atoms with E-state index in [9.17, 15) is 13.2 Å². The molecule has 0 fully saturated rings. The SMILES string of the molecule is CC(CO)CNS(=O)(=O)C(C)C(=O)O. The third kappa shape index (κ3) is 4.03. The summed E-state index contributed by atoms with van der Waals surface area (Å²) in [6.07, 6.45) is 0. The summed E-state index contributed by atoms with van der Waals surface area (Å²) >= 11 is 0. The van der Waals surface area contributed by atoms with Crippen molar-refractivity contribution in [1.29, 1.82) is 0 Å². The topological polar surface area (TPSA) is 104 Å². The molecule has 0 rings (SSSR count). The number of nitrogens with one attached hydrogen (secondary N) is 1. The number of carboxylic acid groups (broad SMARTS) is 1. The zero-order valence-electron chi connectivity index (χ0n) is 8.10. The Labute approximate surface area is 83.0 Å². The predicted octanol–water partition coefficient (Wildman–Crippen LogP) is -0.993. The summed E-state index contributed by atoms with van der Waals surface area (Å²) < 4.78 is 24.6. The molecule has 0 aromatic heterocycles. The van der Waals surface area contributed by atoms with Crippen LogP contribution in [0.4, 0.5) is 0 Å². The summed E-state index contributed by atoms with van der Waals surface area (Å²) in [5.41, 5.74) is 0. The van der Waals surface area contributed by atoms with Crippen LogP contribution in [-0.4, -0.2) is 43.0 Å². The van der Waals surface area contributed by atoms with Gasteiger partial charge in [-0.25, -0.2) is 13.1 Å². The second-order valence-corrected chi connectivity index (χ2v) is 5.25. The Balaban J connectivity index is 4.29. The largest absolute Gasteiger partial charge is 0.480 e. The predicted molar refractivity (Wildman–Crippen MR) is 50.3 cm³/mol. The molecule has 0 amide bonds. The zero-order valence-corrected chi connectivity index (χ0v) is 8.91. The fraction of sp³-hybridized carbons (Fsp3) is 0.857. The molecule has 3 N–H and O–H groups in total. The summed E-state index contributed by atoms with van der Waals surface area (Å²) in [6, 6.07) is 0. The lowest BCUT2D eigenvalue weighted by molar-refractivity contribution is -0.136. The Bertz CT molecular complexity index is 286. The van der Waals surface area contributed by atoms with Crippen molar-refractivity contribution < 1.29 is 23.4 Å². The molecule has 6 nitrogen and oxygen atoms in total. The average Bonchev–Trinajstić information content (AvgIpc) is 2.12. The summed E-state index contributed by atoms with van der Waals surface area (Å²) in [5.74, 6) is -1.63. The van der Waals surface area contributed by atoms with Crippen LogP contribution in [0.2, 0.25) is 0 Å². The first-order chi connectivity index (χ1) is 6.31. The van der Waals surface area contributed by atoms with Crippen LogP contribution in [-0.2, 0) is 14.8 Å². The van der Waals surface area contributed by atoms with E-state index in [1.165, 1.54) is 0 Å². The summed E-state index contributed by atoms with van der Waals surface area (Å²) in [5, 5.41) is 15.6. The minimum atomic E-state index is -3.83. The van der Waals surface area contributed by atoms with E-state index < -0.39 is 21.2 Å². The highest BCUT2D eigenvalue weighted by Gasteiger charge is 2.27. The number of aliphatic hydroxyl groups is 1. The Morgan fingerprint density at radius 3 is 2.29 bits per heavy atom. The van der Waals surface area contributed by atoms with Gasteiger partial charge in [-0.1, -0.05) is 6.92 Å². The molecule has 0 aliphatic carbocycles. The summed E-state index contributed by atoms with van der Waals surface area (Å²) in [4.78, 5) is 10.4. The van der Waals surface area contributed by atoms with E-state index in [0.29, 0.717) is 0 Å². The lowest BCUT2D eigenvalue weighted by Crippen LogP contribution is -2.39. The molecule has 84 valence electrons. The first-order valence-electron chi connectivity index (χ1n) is 4.13. The van der Waals surface area contributed by atoms with Gasteiger partial charge in [0.05, 0.1) is 0 Å². The molecule has 0 bridgehead atoms. The zero-order chi connectivity index (χ0) is 11.4. The van der Waals surface area contributed by atoms with Crippen molar-refractivity contribution in [2.45, 2.75) is 19.1 Å². The number of rotatable bonds is 6. The van der Waals surface area contributed by atoms with Gasteiger partial charge in [-0.3, -0.25) is 4.79 Å². The number of aliphatic carboxylic acids is 1. The molecular weight excluding hydrogens is 210 g/mol. The van der Waals surface area contributed by atoms with Crippen LogP contribution in [0.15, 0.2) is 0 Å². The van der Waals surface area contributed by atoms with Gasteiger partial charge in [0.2, 0.25) is 10.0 Å². The Hall–Kier alpha value is -0.660. The highest BCUT2D eigenvalue weighted by molar-refractivity contribution is 7.90. The van der Waals surface area contributed by atoms with E-state index in [4.69, 9.17) is 10.2 Å². The molecule has 7 heteroatoms. The third-order valence-electron chi connectivity index (χ3n) is 1.76. The molecule has 14 heavy (non-hydrogen) atoms. The van der Waals surface area contributed by atoms with Crippen LogP contribution in [0.5, 0.6) is 0 Å². The van der Waals surface area contributed by atoms with Crippen molar-refractivity contribution in [3.8, 4) is 0 Å². The van der Waals surface area contributed by atoms with Gasteiger partial charge in [-0.2, -0.15) is 0 Å². The molecule has 2 atom stereocenters. The molecule has 0 aromatic rings. The molecular formula is C7H15NO5S. The van der Waals surface area contributed by atoms with Crippen LogP contribution in [0.25, 0.3) is 0 Å². The molecule has 0 aromatic carbocycles. The molecule has 0 spiro atoms. The average molecular weight is 225 g/mol. The van der Waals surface area contributed by atoms with E-state index in [0.717, 1.165) is 6.92 Å². The molecule has 0 aliphatic rings. The van der Waals surface area contributed by atoms with Crippen molar-refractivity contribution in [2.24, 2.45) is 5.92 Å². The van der Waals surface area contributed by atoms with Gasteiger partial charge < -0.3 is 10.2 Å². The fourth-order valence-corrected chi connectivity index (χ4v) is 1.61. The highest BCUT2D eigenvalue weighted by Crippen LogP contribution is 1.99. The second kappa shape index (κ2) is 5.28. The van der Waals surface area contributed by atoms with E-state index >= 15 is 0 Å². The first-order valence-corrected chi connectivity index (χ1v) is 5.68. The quantitative estimate of drug-likeness (QED) is 0.538. The van der Waals surface area contributed by atoms with Crippen molar-refractivity contribution in [1.82, 2.24) is 4.72 Å². The van der Waals surface area contributed by atoms with Gasteiger partial charge in [0.25, 0.3) is 0 Å². The third-order valence-corrected chi connectivity index (χ3v) is 3.46. The monoisotopic (exact) mass is 225 g/mol. The van der Waals surface area contributed by atoms with Crippen LogP contribution in [0, 0.1) is 5.92 Å². The van der Waals surface area contributed by atoms with Crippen LogP contribution < -0.4 is 4.72 Å². The smallest absolute Gasteiger partial charge is 0.323 e. The standard InChI is InChI=1S/C7H15NO5S/c1-5(4-9)3-8-14(12,13)6(2)7(10)11/h5-6,8-9H,3-4H2,1-2H3,(H,10,11). The van der Waals surface area contributed by atoms with Crippen molar-refractivity contribution in [3.05, 3.63) is 0 Å². The lowest BCUT2D eigenvalue weighted by Gasteiger charge is -2.12. The minimum absolute atomic E-state index is 0.0381. The van der Waals surface area contributed by atoms with Gasteiger partial charge in [-0.15, -0.1) is 0 Å². The number of sulfonamides is 1. The van der Waals surface area contributed by atoms with E-state index in [2.05, 4.69) is 4.72 Å². The van der Waals surface area contributed by atoms with Crippen molar-refractivity contribution in [2.75, 3.05) is 13.2 Å². The fourth-order valence-electron chi connectivity index (χ4n) is 0.581. The summed E-state index contributed by atoms with van der Waals surface area (Å²) in [7, 11) is -3.83. The normalized spacial score (nSPS) is 16.2. The molecule has 2 unspecified atom stereocenters. The van der Waals surface area contributed by atoms with E-state index in [1.54, 1.807) is 6.92 Å². The van der Waals surface area contributed by atoms with Crippen molar-refractivity contribution in [3.63, 3.8) is 0 Å². The maximum atomic E-state index is 11.2. The lowest BCUT2D eigenvalue weighted by atomic mass is 10.2. The second-order valence-electron chi connectivity index (χ2n) is 3.16. The molecule has 0 saturated heterocycles. The van der Waals surface area contributed by atoms with Crippen LogP contribution in [0.1, 0.15) is 13.8 Å². The van der Waals surface area contributed by atoms with Crippen LogP contribution in [0.3, 0.4) is 0 Å². The van der Waals surface area contributed by atoms with E-state index in [-0.39, 0.29) is 19.1 Å². The van der Waals surface area contributed by atoms with Gasteiger partial charge >= 0.3 is 5.97 Å². The highest BCUT2D eigenvalue weighted by atomic mass is 32.2. The molecule has 0 heterocycles. The number of hydrogen-bond donors (Lipinski definition) is 3. The van der Waals surface area contributed by atoms with Crippen molar-refractivity contribution >= 4 is 16.0 Å². The van der Waals surface area contributed by atoms with Gasteiger partial charge in [0.15, 0.2) is 5.25 Å². The molecule has 0 aliphatic heterocycles. The van der Waals surface area contributed by atoms with Crippen LogP contribution >= 0.6 is 0 Å². The number of carboxylic acids is 1. The van der Waals surface area contributed by atoms with E-state index in [1.807, 2.05) is 0 Å². The minimum Gasteiger partial charge on any atom is -0.480 e. The molecule has 0 radical (unpaired) electrons. The Morgan fingerprint density at radius 1 is 1.43 bits per heavy atom. The maximum absolute atomic E-state index is 11.2. The molecule has 0 saturated carbocycles. The summed E-state index contributed by atoms with van der Waals surface area (Å²) in [6.45, 7) is 2.63. The number of aliphatic hydroxyl groups excluding tert-OH is 1. The maximum Gasteiger partial charge on any atom is 0.323 e. The Kier molecular flexibility index (Phi) is 5.03. The first kappa shape index (κ1) is 13.3.